The summed E-state index contributed by atoms with van der Waals surface area (Å²) in [4.78, 5) is 21.5. The number of carbonyl (C=O) groups is 2. The second-order valence-corrected chi connectivity index (χ2v) is 4.66. The fourth-order valence-electron chi connectivity index (χ4n) is 1.21. The molecule has 0 spiro atoms. The molecule has 0 unspecified atom stereocenters. The van der Waals surface area contributed by atoms with Crippen LogP contribution in [0.15, 0.2) is 18.2 Å². The second-order valence-electron chi connectivity index (χ2n) is 3.39. The molecule has 0 radical (unpaired) electrons. The number of carboxylic acids is 1. The van der Waals surface area contributed by atoms with Crippen LogP contribution in [0.5, 0.6) is 0 Å². The lowest BCUT2D eigenvalue weighted by Gasteiger charge is -1.98. The van der Waals surface area contributed by atoms with Gasteiger partial charge in [-0.1, -0.05) is 23.6 Å². The molecule has 0 saturated heterocycles. The van der Waals surface area contributed by atoms with E-state index in [1.165, 1.54) is 13.0 Å². The van der Waals surface area contributed by atoms with Crippen molar-refractivity contribution < 1.29 is 19.1 Å². The third-order valence-corrected chi connectivity index (χ3v) is 2.78. The van der Waals surface area contributed by atoms with Crippen molar-refractivity contribution in [3.8, 4) is 11.8 Å². The van der Waals surface area contributed by atoms with Gasteiger partial charge in [-0.15, -0.1) is 0 Å². The van der Waals surface area contributed by atoms with Crippen LogP contribution in [-0.4, -0.2) is 21.9 Å². The molecule has 0 amide bonds. The first-order valence-electron chi connectivity index (χ1n) is 5.16. The average Bonchev–Trinajstić information content (AvgIpc) is 2.27. The van der Waals surface area contributed by atoms with E-state index in [0.29, 0.717) is 12.2 Å². The molecule has 0 heterocycles. The van der Waals surface area contributed by atoms with Gasteiger partial charge < -0.3 is 5.11 Å². The summed E-state index contributed by atoms with van der Waals surface area (Å²) in [5.74, 6) is 4.22. The van der Waals surface area contributed by atoms with Crippen LogP contribution < -0.4 is 0 Å². The summed E-state index contributed by atoms with van der Waals surface area (Å²) >= 11 is 1.15. The minimum Gasteiger partial charge on any atom is -0.478 e. The predicted octanol–water partition coefficient (Wildman–Crippen LogP) is 2.55. The first-order chi connectivity index (χ1) is 8.50. The zero-order valence-corrected chi connectivity index (χ0v) is 10.5. The third-order valence-electron chi connectivity index (χ3n) is 1.97. The number of benzene rings is 1. The Bertz CT molecular complexity index is 529. The smallest absolute Gasteiger partial charge is 0.336 e. The minimum absolute atomic E-state index is 0.00813. The lowest BCUT2D eigenvalue weighted by molar-refractivity contribution is -0.109. The molecule has 0 aromatic heterocycles. The average molecular weight is 266 g/mol. The number of carbonyl (C=O) groups excluding carboxylic acids is 1. The topological polar surface area (TPSA) is 54.4 Å². The summed E-state index contributed by atoms with van der Waals surface area (Å²) in [5.41, 5.74) is 0.124. The molecule has 0 atom stereocenters. The Morgan fingerprint density at radius 3 is 2.78 bits per heavy atom. The van der Waals surface area contributed by atoms with Crippen LogP contribution in [0.4, 0.5) is 4.39 Å². The Morgan fingerprint density at radius 2 is 2.17 bits per heavy atom. The highest BCUT2D eigenvalue weighted by atomic mass is 32.2. The third kappa shape index (κ3) is 4.60. The van der Waals surface area contributed by atoms with Gasteiger partial charge in [0.05, 0.1) is 5.56 Å². The zero-order valence-electron chi connectivity index (χ0n) is 9.70. The SMILES string of the molecule is CC(=O)SCCC#Cc1cc(F)ccc1C(=O)O. The predicted molar refractivity (Wildman–Crippen MR) is 68.0 cm³/mol. The highest BCUT2D eigenvalue weighted by Crippen LogP contribution is 2.10. The van der Waals surface area contributed by atoms with Crippen molar-refractivity contribution in [1.29, 1.82) is 0 Å². The summed E-state index contributed by atoms with van der Waals surface area (Å²) < 4.78 is 13.0. The number of carboxylic acid groups (broad SMARTS) is 1. The van der Waals surface area contributed by atoms with E-state index in [1.807, 2.05) is 0 Å². The molecule has 0 saturated carbocycles. The normalized spacial score (nSPS) is 9.44. The summed E-state index contributed by atoms with van der Waals surface area (Å²) in [6, 6.07) is 3.36. The summed E-state index contributed by atoms with van der Waals surface area (Å²) in [6.07, 6.45) is 0.444. The molecule has 1 rings (SSSR count). The lowest BCUT2D eigenvalue weighted by Crippen LogP contribution is -2.00. The van der Waals surface area contributed by atoms with Crippen molar-refractivity contribution in [2.75, 3.05) is 5.75 Å². The molecule has 1 aromatic rings. The van der Waals surface area contributed by atoms with Gasteiger partial charge in [-0.25, -0.2) is 9.18 Å². The molecule has 0 aliphatic carbocycles. The fourth-order valence-corrected chi connectivity index (χ4v) is 1.70. The van der Waals surface area contributed by atoms with Gasteiger partial charge in [0.1, 0.15) is 5.82 Å². The number of hydrogen-bond donors (Lipinski definition) is 1. The van der Waals surface area contributed by atoms with Crippen molar-refractivity contribution in [1.82, 2.24) is 0 Å². The van der Waals surface area contributed by atoms with Crippen LogP contribution in [0.1, 0.15) is 29.3 Å². The molecule has 3 nitrogen and oxygen atoms in total. The van der Waals surface area contributed by atoms with Crippen molar-refractivity contribution in [2.45, 2.75) is 13.3 Å². The Kier molecular flexibility index (Phi) is 5.40. The molecule has 1 aromatic carbocycles. The van der Waals surface area contributed by atoms with Gasteiger partial charge in [0, 0.05) is 24.7 Å². The maximum Gasteiger partial charge on any atom is 0.336 e. The van der Waals surface area contributed by atoms with E-state index < -0.39 is 11.8 Å². The minimum atomic E-state index is -1.14. The summed E-state index contributed by atoms with van der Waals surface area (Å²) in [5, 5.41) is 8.90. The Labute approximate surface area is 108 Å². The Hall–Kier alpha value is -1.80. The Balaban J connectivity index is 2.77. The van der Waals surface area contributed by atoms with Crippen molar-refractivity contribution >= 4 is 22.8 Å². The van der Waals surface area contributed by atoms with E-state index in [1.54, 1.807) is 0 Å². The molecule has 1 N–H and O–H groups in total. The van der Waals surface area contributed by atoms with Crippen molar-refractivity contribution in [3.05, 3.63) is 35.1 Å². The summed E-state index contributed by atoms with van der Waals surface area (Å²) in [6.45, 7) is 1.47. The molecule has 94 valence electrons. The van der Waals surface area contributed by atoms with E-state index in [-0.39, 0.29) is 16.2 Å². The van der Waals surface area contributed by atoms with Gasteiger partial charge in [0.15, 0.2) is 5.12 Å². The molecule has 0 fully saturated rings. The standard InChI is InChI=1S/C13H11FO3S/c1-9(15)18-7-3-2-4-10-8-11(14)5-6-12(10)13(16)17/h5-6,8H,3,7H2,1H3,(H,16,17). The molecule has 5 heteroatoms. The largest absolute Gasteiger partial charge is 0.478 e. The maximum atomic E-state index is 13.0. The van der Waals surface area contributed by atoms with Gasteiger partial charge in [0.2, 0.25) is 0 Å². The van der Waals surface area contributed by atoms with E-state index in [2.05, 4.69) is 11.8 Å². The number of hydrogen-bond acceptors (Lipinski definition) is 3. The van der Waals surface area contributed by atoms with Crippen LogP contribution in [0.25, 0.3) is 0 Å². The second kappa shape index (κ2) is 6.82. The quantitative estimate of drug-likeness (QED) is 0.674. The van der Waals surface area contributed by atoms with Gasteiger partial charge in [-0.2, -0.15) is 0 Å². The number of thioether (sulfide) groups is 1. The van der Waals surface area contributed by atoms with Gasteiger partial charge >= 0.3 is 5.97 Å². The maximum absolute atomic E-state index is 13.0. The molecular formula is C13H11FO3S. The van der Waals surface area contributed by atoms with Crippen LogP contribution in [0.2, 0.25) is 0 Å². The van der Waals surface area contributed by atoms with Crippen LogP contribution in [0, 0.1) is 17.7 Å². The first kappa shape index (κ1) is 14.3. The van der Waals surface area contributed by atoms with Crippen LogP contribution in [0.3, 0.4) is 0 Å². The highest BCUT2D eigenvalue weighted by molar-refractivity contribution is 8.13. The molecule has 18 heavy (non-hydrogen) atoms. The molecular weight excluding hydrogens is 255 g/mol. The van der Waals surface area contributed by atoms with Gasteiger partial charge in [-0.05, 0) is 18.2 Å². The fraction of sp³-hybridized carbons (Fsp3) is 0.231. The van der Waals surface area contributed by atoms with E-state index >= 15 is 0 Å². The van der Waals surface area contributed by atoms with Crippen molar-refractivity contribution in [3.63, 3.8) is 0 Å². The highest BCUT2D eigenvalue weighted by Gasteiger charge is 2.08. The first-order valence-corrected chi connectivity index (χ1v) is 6.14. The van der Waals surface area contributed by atoms with Crippen molar-refractivity contribution in [2.24, 2.45) is 0 Å². The van der Waals surface area contributed by atoms with E-state index in [0.717, 1.165) is 23.9 Å². The molecule has 0 aliphatic heterocycles. The van der Waals surface area contributed by atoms with Crippen LogP contribution in [-0.2, 0) is 4.79 Å². The zero-order chi connectivity index (χ0) is 13.5. The van der Waals surface area contributed by atoms with Gasteiger partial charge in [-0.3, -0.25) is 4.79 Å². The monoisotopic (exact) mass is 266 g/mol. The van der Waals surface area contributed by atoms with E-state index in [4.69, 9.17) is 5.11 Å². The lowest BCUT2D eigenvalue weighted by atomic mass is 10.1. The van der Waals surface area contributed by atoms with Gasteiger partial charge in [0.25, 0.3) is 0 Å². The number of halogens is 1. The molecule has 0 bridgehead atoms. The van der Waals surface area contributed by atoms with Crippen LogP contribution >= 0.6 is 11.8 Å². The Morgan fingerprint density at radius 1 is 1.44 bits per heavy atom. The number of aromatic carboxylic acids is 1. The molecule has 0 aliphatic rings. The number of rotatable bonds is 3. The summed E-state index contributed by atoms with van der Waals surface area (Å²) in [7, 11) is 0. The van der Waals surface area contributed by atoms with E-state index in [9.17, 15) is 14.0 Å².